The molecule has 4 aromatic rings. The molecule has 0 saturated heterocycles. The van der Waals surface area contributed by atoms with Crippen LogP contribution in [0.1, 0.15) is 28.9 Å². The number of aryl methyl sites for hydroxylation is 1. The number of aromatic nitrogens is 4. The summed E-state index contributed by atoms with van der Waals surface area (Å²) in [4.78, 5) is 26.5. The smallest absolute Gasteiger partial charge is 0.284 e. The molecular weight excluding hydrogens is 458 g/mol. The van der Waals surface area contributed by atoms with Crippen molar-refractivity contribution in [3.63, 3.8) is 0 Å². The van der Waals surface area contributed by atoms with Crippen LogP contribution in [0.15, 0.2) is 65.7 Å². The molecular formula is C24H20ClN5O4. The van der Waals surface area contributed by atoms with Gasteiger partial charge in [0.2, 0.25) is 6.79 Å². The fraction of sp³-hybridized carbons (Fsp3) is 0.167. The Balaban J connectivity index is 1.52. The van der Waals surface area contributed by atoms with Crippen LogP contribution in [0, 0.1) is 0 Å². The Hall–Kier alpha value is -4.11. The van der Waals surface area contributed by atoms with Crippen molar-refractivity contribution < 1.29 is 14.3 Å². The average molecular weight is 478 g/mol. The summed E-state index contributed by atoms with van der Waals surface area (Å²) in [5.74, 6) is 0.750. The van der Waals surface area contributed by atoms with Gasteiger partial charge in [-0.05, 0) is 42.8 Å². The highest BCUT2D eigenvalue weighted by Gasteiger charge is 2.21. The van der Waals surface area contributed by atoms with Crippen LogP contribution in [-0.2, 0) is 7.05 Å². The van der Waals surface area contributed by atoms with Crippen LogP contribution in [0.2, 0.25) is 5.02 Å². The van der Waals surface area contributed by atoms with Gasteiger partial charge in [0.15, 0.2) is 11.5 Å². The Morgan fingerprint density at radius 1 is 1.12 bits per heavy atom. The molecule has 0 spiro atoms. The van der Waals surface area contributed by atoms with Gasteiger partial charge in [-0.3, -0.25) is 14.3 Å². The first-order chi connectivity index (χ1) is 16.4. The average Bonchev–Trinajstić information content (AvgIpc) is 3.48. The molecule has 1 amide bonds. The molecule has 10 heteroatoms. The molecule has 0 fully saturated rings. The zero-order valence-corrected chi connectivity index (χ0v) is 19.1. The molecule has 0 aliphatic carbocycles. The minimum atomic E-state index is -0.555. The van der Waals surface area contributed by atoms with Crippen molar-refractivity contribution in [2.24, 2.45) is 7.05 Å². The number of nitrogens with one attached hydrogen (secondary N) is 1. The van der Waals surface area contributed by atoms with Crippen LogP contribution in [0.4, 0.5) is 0 Å². The SMILES string of the molecule is CC(NC(=O)c1cc(-c2ccc(Cl)cc2)nn(-c2cnn(C)c2)c1=O)c1ccc2c(c1)OCO2. The van der Waals surface area contributed by atoms with Crippen molar-refractivity contribution in [2.75, 3.05) is 6.79 Å². The number of hydrogen-bond donors (Lipinski definition) is 1. The lowest BCUT2D eigenvalue weighted by Gasteiger charge is -2.16. The fourth-order valence-electron chi connectivity index (χ4n) is 3.65. The lowest BCUT2D eigenvalue weighted by Crippen LogP contribution is -2.35. The van der Waals surface area contributed by atoms with Crippen molar-refractivity contribution in [3.8, 4) is 28.4 Å². The zero-order valence-electron chi connectivity index (χ0n) is 18.4. The summed E-state index contributed by atoms with van der Waals surface area (Å²) >= 11 is 6.02. The van der Waals surface area contributed by atoms with E-state index in [0.29, 0.717) is 33.5 Å². The number of ether oxygens (including phenoxy) is 2. The molecule has 0 radical (unpaired) electrons. The van der Waals surface area contributed by atoms with E-state index < -0.39 is 11.5 Å². The highest BCUT2D eigenvalue weighted by molar-refractivity contribution is 6.30. The van der Waals surface area contributed by atoms with Gasteiger partial charge in [0.25, 0.3) is 11.5 Å². The van der Waals surface area contributed by atoms with Crippen LogP contribution >= 0.6 is 11.6 Å². The van der Waals surface area contributed by atoms with Crippen molar-refractivity contribution in [1.29, 1.82) is 0 Å². The Bertz CT molecular complexity index is 1440. The number of halogens is 1. The first-order valence-corrected chi connectivity index (χ1v) is 10.9. The fourth-order valence-corrected chi connectivity index (χ4v) is 3.78. The third-order valence-electron chi connectivity index (χ3n) is 5.48. The normalized spacial score (nSPS) is 13.0. The quantitative estimate of drug-likeness (QED) is 0.472. The van der Waals surface area contributed by atoms with E-state index in [1.54, 1.807) is 48.3 Å². The minimum absolute atomic E-state index is 0.0450. The van der Waals surface area contributed by atoms with E-state index in [4.69, 9.17) is 21.1 Å². The van der Waals surface area contributed by atoms with E-state index in [1.807, 2.05) is 19.1 Å². The number of hydrogen-bond acceptors (Lipinski definition) is 6. The van der Waals surface area contributed by atoms with Gasteiger partial charge < -0.3 is 14.8 Å². The van der Waals surface area contributed by atoms with Gasteiger partial charge in [-0.25, -0.2) is 0 Å². The van der Waals surface area contributed by atoms with Gasteiger partial charge in [0.1, 0.15) is 11.3 Å². The molecule has 1 atom stereocenters. The van der Waals surface area contributed by atoms with E-state index in [-0.39, 0.29) is 18.4 Å². The van der Waals surface area contributed by atoms with Crippen LogP contribution in [-0.4, -0.2) is 32.3 Å². The maximum atomic E-state index is 13.3. The molecule has 172 valence electrons. The van der Waals surface area contributed by atoms with Crippen molar-refractivity contribution in [3.05, 3.63) is 87.4 Å². The first kappa shape index (κ1) is 21.7. The Morgan fingerprint density at radius 3 is 2.62 bits per heavy atom. The first-order valence-electron chi connectivity index (χ1n) is 10.5. The van der Waals surface area contributed by atoms with Gasteiger partial charge in [-0.15, -0.1) is 0 Å². The Morgan fingerprint density at radius 2 is 1.88 bits per heavy atom. The lowest BCUT2D eigenvalue weighted by molar-refractivity contribution is 0.0937. The van der Waals surface area contributed by atoms with Gasteiger partial charge >= 0.3 is 0 Å². The highest BCUT2D eigenvalue weighted by atomic mass is 35.5. The van der Waals surface area contributed by atoms with Crippen molar-refractivity contribution >= 4 is 17.5 Å². The monoisotopic (exact) mass is 477 g/mol. The van der Waals surface area contributed by atoms with Crippen molar-refractivity contribution in [1.82, 2.24) is 24.9 Å². The largest absolute Gasteiger partial charge is 0.454 e. The maximum absolute atomic E-state index is 13.3. The molecule has 1 unspecified atom stereocenters. The standard InChI is InChI=1S/C24H20ClN5O4/c1-14(16-5-8-21-22(9-16)34-13-33-21)27-23(31)19-10-20(15-3-6-17(25)7-4-15)28-30(24(19)32)18-11-26-29(2)12-18/h3-12,14H,13H2,1-2H3,(H,27,31). The van der Waals surface area contributed by atoms with Crippen LogP contribution < -0.4 is 20.3 Å². The molecule has 34 heavy (non-hydrogen) atoms. The van der Waals surface area contributed by atoms with Gasteiger partial charge in [-0.2, -0.15) is 14.9 Å². The second kappa shape index (κ2) is 8.68. The van der Waals surface area contributed by atoms with E-state index >= 15 is 0 Å². The number of benzene rings is 2. The van der Waals surface area contributed by atoms with E-state index in [0.717, 1.165) is 5.56 Å². The topological polar surface area (TPSA) is 100 Å². The molecule has 0 saturated carbocycles. The second-order valence-corrected chi connectivity index (χ2v) is 8.28. The summed E-state index contributed by atoms with van der Waals surface area (Å²) in [6.45, 7) is 1.99. The van der Waals surface area contributed by atoms with Crippen LogP contribution in [0.25, 0.3) is 16.9 Å². The molecule has 1 aliphatic heterocycles. The molecule has 0 bridgehead atoms. The van der Waals surface area contributed by atoms with Crippen LogP contribution in [0.5, 0.6) is 11.5 Å². The molecule has 2 aromatic carbocycles. The van der Waals surface area contributed by atoms with Crippen molar-refractivity contribution in [2.45, 2.75) is 13.0 Å². The molecule has 5 rings (SSSR count). The number of nitrogens with zero attached hydrogens (tertiary/aromatic N) is 4. The van der Waals surface area contributed by atoms with Gasteiger partial charge in [-0.1, -0.05) is 29.8 Å². The maximum Gasteiger partial charge on any atom is 0.284 e. The summed E-state index contributed by atoms with van der Waals surface area (Å²) in [5.41, 5.74) is 1.82. The number of carbonyl (C=O) groups excluding carboxylic acids is 1. The van der Waals surface area contributed by atoms with E-state index in [1.165, 1.54) is 16.9 Å². The number of amides is 1. The second-order valence-electron chi connectivity index (χ2n) is 7.85. The Labute approximate surface area is 199 Å². The van der Waals surface area contributed by atoms with Crippen LogP contribution in [0.3, 0.4) is 0 Å². The number of fused-ring (bicyclic) bond motifs is 1. The molecule has 9 nitrogen and oxygen atoms in total. The highest BCUT2D eigenvalue weighted by Crippen LogP contribution is 2.34. The van der Waals surface area contributed by atoms with E-state index in [2.05, 4.69) is 15.5 Å². The third-order valence-corrected chi connectivity index (χ3v) is 5.73. The summed E-state index contributed by atoms with van der Waals surface area (Å²) < 4.78 is 13.5. The Kier molecular flexibility index (Phi) is 5.54. The summed E-state index contributed by atoms with van der Waals surface area (Å²) in [6, 6.07) is 13.5. The summed E-state index contributed by atoms with van der Waals surface area (Å²) in [6.07, 6.45) is 3.16. The van der Waals surface area contributed by atoms with E-state index in [9.17, 15) is 9.59 Å². The molecule has 1 N–H and O–H groups in total. The predicted octanol–water partition coefficient (Wildman–Crippen LogP) is 3.51. The summed E-state index contributed by atoms with van der Waals surface area (Å²) in [7, 11) is 1.73. The molecule has 1 aliphatic rings. The zero-order chi connectivity index (χ0) is 23.8. The molecule has 3 heterocycles. The van der Waals surface area contributed by atoms with Gasteiger partial charge in [0.05, 0.1) is 24.1 Å². The predicted molar refractivity (Wildman–Crippen MR) is 125 cm³/mol. The number of carbonyl (C=O) groups is 1. The third kappa shape index (κ3) is 4.13. The molecule has 2 aromatic heterocycles. The number of rotatable bonds is 5. The van der Waals surface area contributed by atoms with Gasteiger partial charge in [0, 0.05) is 17.6 Å². The lowest BCUT2D eigenvalue weighted by atomic mass is 10.1. The minimum Gasteiger partial charge on any atom is -0.454 e. The summed E-state index contributed by atoms with van der Waals surface area (Å²) in [5, 5.41) is 12.1.